The van der Waals surface area contributed by atoms with E-state index in [9.17, 15) is 14.4 Å². The smallest absolute Gasteiger partial charge is 0.427 e. The molecule has 1 aromatic carbocycles. The van der Waals surface area contributed by atoms with Gasteiger partial charge in [-0.05, 0) is 50.1 Å². The largest absolute Gasteiger partial charge is 0.480 e. The van der Waals surface area contributed by atoms with Gasteiger partial charge in [-0.15, -0.1) is 0 Å². The number of aromatic nitrogens is 2. The summed E-state index contributed by atoms with van der Waals surface area (Å²) in [6.07, 6.45) is 0.152. The van der Waals surface area contributed by atoms with Crippen LogP contribution in [0.1, 0.15) is 49.7 Å². The van der Waals surface area contributed by atoms with Crippen molar-refractivity contribution >= 4 is 23.5 Å². The molecule has 230 valence electrons. The molecule has 2 aromatic heterocycles. The Hall–Kier alpha value is -5.49. The molecule has 0 saturated heterocycles. The van der Waals surface area contributed by atoms with Gasteiger partial charge >= 0.3 is 18.5 Å². The van der Waals surface area contributed by atoms with Gasteiger partial charge in [-0.3, -0.25) is 19.3 Å². The van der Waals surface area contributed by atoms with E-state index in [1.165, 1.54) is 31.3 Å². The van der Waals surface area contributed by atoms with E-state index in [1.807, 2.05) is 39.0 Å². The summed E-state index contributed by atoms with van der Waals surface area (Å²) in [5.74, 6) is 0.405. The number of aryl methyl sites for hydroxylation is 2. The number of ether oxygens (including phenoxy) is 3. The highest BCUT2D eigenvalue weighted by Crippen LogP contribution is 2.23. The lowest BCUT2D eigenvalue weighted by molar-refractivity contribution is -0.124. The SMILES string of the molecule is [C-]#[N+]C(OC(=O)N(C)C)c1cc(NC(=O)C(CC)Oc2ccc(C)cc2C)ccn1.[C-]#[N+]C(Oc1ccccn1)C(=O)CC. The maximum absolute atomic E-state index is 12.7. The van der Waals surface area contributed by atoms with Crippen LogP contribution in [0.15, 0.2) is 60.9 Å². The lowest BCUT2D eigenvalue weighted by Gasteiger charge is -2.19. The predicted molar refractivity (Wildman–Crippen MR) is 164 cm³/mol. The standard InChI is InChI=1S/C22H26N4O4.C10H10N2O2/c1-7-18(29-19-9-8-14(2)12-15(19)3)20(27)25-16-10-11-24-17(13-16)21(23-4)30-22(28)26(5)6;1-3-8(13)10(11-2)14-9-6-4-5-7-12-9/h8-13,18,21H,7H2,1-3,5-6H3,(H,24,25,27);4-7,10H,3H2,1H3. The van der Waals surface area contributed by atoms with Gasteiger partial charge in [0, 0.05) is 44.7 Å². The third-order valence-corrected chi connectivity index (χ3v) is 5.87. The number of nitrogens with zero attached hydrogens (tertiary/aromatic N) is 5. The number of rotatable bonds is 11. The fourth-order valence-electron chi connectivity index (χ4n) is 3.51. The van der Waals surface area contributed by atoms with Crippen molar-refractivity contribution in [1.82, 2.24) is 14.9 Å². The summed E-state index contributed by atoms with van der Waals surface area (Å²) in [6.45, 7) is 21.6. The minimum atomic E-state index is -1.20. The summed E-state index contributed by atoms with van der Waals surface area (Å²) in [6, 6.07) is 14.0. The number of pyridine rings is 2. The summed E-state index contributed by atoms with van der Waals surface area (Å²) < 4.78 is 16.1. The van der Waals surface area contributed by atoms with Crippen LogP contribution in [0.4, 0.5) is 10.5 Å². The molecule has 0 aliphatic rings. The van der Waals surface area contributed by atoms with E-state index in [-0.39, 0.29) is 17.4 Å². The summed E-state index contributed by atoms with van der Waals surface area (Å²) in [4.78, 5) is 51.2. The second-order valence-corrected chi connectivity index (χ2v) is 9.59. The first kappa shape index (κ1) is 34.7. The van der Waals surface area contributed by atoms with Crippen molar-refractivity contribution in [3.63, 3.8) is 0 Å². The minimum Gasteiger partial charge on any atom is -0.480 e. The first-order chi connectivity index (χ1) is 21.0. The fraction of sp³-hybridized carbons (Fsp3) is 0.344. The van der Waals surface area contributed by atoms with Crippen LogP contribution in [-0.4, -0.2) is 59.1 Å². The highest BCUT2D eigenvalue weighted by Gasteiger charge is 2.25. The Morgan fingerprint density at radius 3 is 2.27 bits per heavy atom. The van der Waals surface area contributed by atoms with Gasteiger partial charge in [0.15, 0.2) is 11.8 Å². The second kappa shape index (κ2) is 17.5. The average Bonchev–Trinajstić information content (AvgIpc) is 3.02. The molecular weight excluding hydrogens is 564 g/mol. The van der Waals surface area contributed by atoms with Gasteiger partial charge < -0.3 is 24.4 Å². The van der Waals surface area contributed by atoms with E-state index < -0.39 is 24.7 Å². The van der Waals surface area contributed by atoms with Crippen molar-refractivity contribution < 1.29 is 28.6 Å². The highest BCUT2D eigenvalue weighted by atomic mass is 16.6. The number of carbonyl (C=O) groups is 3. The molecule has 0 saturated carbocycles. The zero-order valence-electron chi connectivity index (χ0n) is 25.6. The van der Waals surface area contributed by atoms with Crippen molar-refractivity contribution in [3.8, 4) is 11.6 Å². The molecule has 0 aliphatic heterocycles. The topological polar surface area (TPSA) is 129 Å². The number of hydrogen-bond donors (Lipinski definition) is 1. The number of anilines is 1. The molecular formula is C32H36N6O6. The molecule has 0 fully saturated rings. The van der Waals surface area contributed by atoms with Crippen LogP contribution in [0.5, 0.6) is 11.6 Å². The van der Waals surface area contributed by atoms with Crippen molar-refractivity contribution in [2.24, 2.45) is 0 Å². The lowest BCUT2D eigenvalue weighted by atomic mass is 10.1. The monoisotopic (exact) mass is 600 g/mol. The predicted octanol–water partition coefficient (Wildman–Crippen LogP) is 5.80. The van der Waals surface area contributed by atoms with Gasteiger partial charge in [0.2, 0.25) is 5.88 Å². The van der Waals surface area contributed by atoms with Crippen molar-refractivity contribution in [3.05, 3.63) is 101 Å². The molecule has 2 amide bonds. The third-order valence-electron chi connectivity index (χ3n) is 5.87. The summed E-state index contributed by atoms with van der Waals surface area (Å²) in [5, 5.41) is 2.78. The molecule has 0 radical (unpaired) electrons. The molecule has 12 heteroatoms. The van der Waals surface area contributed by atoms with Crippen LogP contribution in [-0.2, 0) is 14.3 Å². The molecule has 2 heterocycles. The van der Waals surface area contributed by atoms with E-state index in [0.717, 1.165) is 11.1 Å². The molecule has 1 N–H and O–H groups in total. The van der Waals surface area contributed by atoms with Crippen molar-refractivity contribution in [2.45, 2.75) is 59.1 Å². The van der Waals surface area contributed by atoms with Crippen LogP contribution >= 0.6 is 0 Å². The van der Waals surface area contributed by atoms with Crippen LogP contribution in [0.25, 0.3) is 9.69 Å². The van der Waals surface area contributed by atoms with Crippen LogP contribution < -0.4 is 14.8 Å². The van der Waals surface area contributed by atoms with Gasteiger partial charge in [-0.1, -0.05) is 37.6 Å². The lowest BCUT2D eigenvalue weighted by Crippen LogP contribution is -2.32. The fourth-order valence-corrected chi connectivity index (χ4v) is 3.51. The highest BCUT2D eigenvalue weighted by molar-refractivity contribution is 5.94. The van der Waals surface area contributed by atoms with Gasteiger partial charge in [-0.2, -0.15) is 0 Å². The first-order valence-electron chi connectivity index (χ1n) is 13.7. The summed E-state index contributed by atoms with van der Waals surface area (Å²) in [7, 11) is 3.04. The van der Waals surface area contributed by atoms with Crippen LogP contribution in [0.2, 0.25) is 0 Å². The van der Waals surface area contributed by atoms with Crippen LogP contribution in [0, 0.1) is 27.0 Å². The average molecular weight is 601 g/mol. The van der Waals surface area contributed by atoms with Crippen molar-refractivity contribution in [2.75, 3.05) is 19.4 Å². The van der Waals surface area contributed by atoms with Crippen molar-refractivity contribution in [1.29, 1.82) is 0 Å². The Bertz CT molecular complexity index is 1500. The Kier molecular flexibility index (Phi) is 13.8. The molecule has 0 bridgehead atoms. The van der Waals surface area contributed by atoms with Gasteiger partial charge in [0.25, 0.3) is 11.7 Å². The number of hydrogen-bond acceptors (Lipinski definition) is 8. The molecule has 44 heavy (non-hydrogen) atoms. The van der Waals surface area contributed by atoms with E-state index in [4.69, 9.17) is 27.4 Å². The number of amides is 2. The van der Waals surface area contributed by atoms with E-state index in [0.29, 0.717) is 30.2 Å². The zero-order valence-corrected chi connectivity index (χ0v) is 25.6. The molecule has 12 nitrogen and oxygen atoms in total. The van der Waals surface area contributed by atoms with E-state index >= 15 is 0 Å². The molecule has 3 rings (SSSR count). The van der Waals surface area contributed by atoms with Crippen LogP contribution in [0.3, 0.4) is 0 Å². The number of benzene rings is 1. The zero-order chi connectivity index (χ0) is 32.6. The number of ketones is 1. The maximum Gasteiger partial charge on any atom is 0.427 e. The summed E-state index contributed by atoms with van der Waals surface area (Å²) >= 11 is 0. The number of Topliss-reactive ketones (excluding diaryl/α,β-unsaturated/α-hetero) is 1. The van der Waals surface area contributed by atoms with Gasteiger partial charge in [0.05, 0.1) is 0 Å². The summed E-state index contributed by atoms with van der Waals surface area (Å²) in [5.41, 5.74) is 2.73. The normalized spacial score (nSPS) is 12.0. The molecule has 3 unspecified atom stereocenters. The van der Waals surface area contributed by atoms with Gasteiger partial charge in [-0.25, -0.2) is 27.9 Å². The second-order valence-electron chi connectivity index (χ2n) is 9.59. The Morgan fingerprint density at radius 2 is 1.70 bits per heavy atom. The quantitative estimate of drug-likeness (QED) is 0.274. The number of carbonyl (C=O) groups excluding carboxylic acids is 3. The molecule has 0 spiro atoms. The molecule has 3 atom stereocenters. The van der Waals surface area contributed by atoms with E-state index in [2.05, 4.69) is 25.0 Å². The first-order valence-corrected chi connectivity index (χ1v) is 13.7. The number of nitrogens with one attached hydrogen (secondary N) is 1. The minimum absolute atomic E-state index is 0.223. The third kappa shape index (κ3) is 10.7. The maximum atomic E-state index is 12.7. The Balaban J connectivity index is 0.000000402. The molecule has 3 aromatic rings. The Labute approximate surface area is 257 Å². The van der Waals surface area contributed by atoms with E-state index in [1.54, 1.807) is 37.4 Å². The molecule has 0 aliphatic carbocycles. The Morgan fingerprint density at radius 1 is 0.955 bits per heavy atom. The van der Waals surface area contributed by atoms with Gasteiger partial charge in [0.1, 0.15) is 5.75 Å².